The third-order valence-electron chi connectivity index (χ3n) is 8.07. The lowest BCUT2D eigenvalue weighted by molar-refractivity contribution is 0.585. The van der Waals surface area contributed by atoms with Crippen LogP contribution in [0.5, 0.6) is 0 Å². The number of rotatable bonds is 4. The quantitative estimate of drug-likeness (QED) is 0.218. The second-order valence-electron chi connectivity index (χ2n) is 10.5. The predicted molar refractivity (Wildman–Crippen MR) is 169 cm³/mol. The zero-order valence-corrected chi connectivity index (χ0v) is 22.8. The highest BCUT2D eigenvalue weighted by Crippen LogP contribution is 2.37. The van der Waals surface area contributed by atoms with Crippen LogP contribution in [0.15, 0.2) is 138 Å². The summed E-state index contributed by atoms with van der Waals surface area (Å²) in [4.78, 5) is 8.71. The van der Waals surface area contributed by atoms with Crippen molar-refractivity contribution in [3.63, 3.8) is 0 Å². The van der Waals surface area contributed by atoms with Crippen molar-refractivity contribution in [3.8, 4) is 34.3 Å². The molecule has 9 rings (SSSR count). The molecule has 0 amide bonds. The van der Waals surface area contributed by atoms with Crippen LogP contribution in [0.4, 0.5) is 0 Å². The summed E-state index contributed by atoms with van der Waals surface area (Å²) in [5.41, 5.74) is 8.11. The summed E-state index contributed by atoms with van der Waals surface area (Å²) >= 11 is 0. The van der Waals surface area contributed by atoms with E-state index in [4.69, 9.17) is 4.42 Å². The van der Waals surface area contributed by atoms with Crippen molar-refractivity contribution in [1.29, 1.82) is 0 Å². The first-order valence-electron chi connectivity index (χ1n) is 14.0. The number of benzene rings is 4. The van der Waals surface area contributed by atoms with Crippen LogP contribution >= 0.6 is 0 Å². The monoisotopic (exact) mass is 554 g/mol. The number of hydrogen-bond donors (Lipinski definition) is 0. The molecule has 0 radical (unpaired) electrons. The molecule has 5 aromatic heterocycles. The van der Waals surface area contributed by atoms with Gasteiger partial charge in [0, 0.05) is 45.1 Å². The van der Waals surface area contributed by atoms with Crippen LogP contribution in [0.2, 0.25) is 0 Å². The second kappa shape index (κ2) is 9.22. The molecule has 9 aromatic rings. The summed E-state index contributed by atoms with van der Waals surface area (Å²) in [6.45, 7) is 0. The molecule has 0 aliphatic rings. The largest absolute Gasteiger partial charge is 0.416 e. The molecular weight excluding hydrogens is 532 g/mol. The van der Waals surface area contributed by atoms with E-state index in [-0.39, 0.29) is 0 Å². The van der Waals surface area contributed by atoms with Gasteiger partial charge in [-0.25, -0.2) is 0 Å². The average Bonchev–Trinajstić information content (AvgIpc) is 3.78. The molecule has 0 bridgehead atoms. The van der Waals surface area contributed by atoms with Crippen molar-refractivity contribution in [3.05, 3.63) is 134 Å². The molecule has 43 heavy (non-hydrogen) atoms. The van der Waals surface area contributed by atoms with Crippen molar-refractivity contribution in [1.82, 2.24) is 29.3 Å². The summed E-state index contributed by atoms with van der Waals surface area (Å²) in [6.07, 6.45) is 7.34. The lowest BCUT2D eigenvalue weighted by Crippen LogP contribution is -1.94. The van der Waals surface area contributed by atoms with Crippen LogP contribution in [-0.4, -0.2) is 29.3 Å². The smallest absolute Gasteiger partial charge is 0.248 e. The van der Waals surface area contributed by atoms with Crippen molar-refractivity contribution >= 4 is 43.6 Å². The highest BCUT2D eigenvalue weighted by atomic mass is 16.4. The van der Waals surface area contributed by atoms with E-state index in [1.54, 1.807) is 12.4 Å². The van der Waals surface area contributed by atoms with E-state index >= 15 is 0 Å². The van der Waals surface area contributed by atoms with Crippen molar-refractivity contribution < 1.29 is 4.42 Å². The molecule has 7 nitrogen and oxygen atoms in total. The van der Waals surface area contributed by atoms with Gasteiger partial charge in [-0.15, -0.1) is 10.2 Å². The minimum atomic E-state index is 0.470. The summed E-state index contributed by atoms with van der Waals surface area (Å²) in [6, 6.07) is 37.4. The van der Waals surface area contributed by atoms with E-state index in [9.17, 15) is 0 Å². The Bertz CT molecular complexity index is 2460. The van der Waals surface area contributed by atoms with Gasteiger partial charge in [-0.05, 0) is 66.7 Å². The van der Waals surface area contributed by atoms with Crippen LogP contribution in [0, 0.1) is 0 Å². The summed E-state index contributed by atoms with van der Waals surface area (Å²) < 4.78 is 10.8. The minimum Gasteiger partial charge on any atom is -0.416 e. The van der Waals surface area contributed by atoms with E-state index in [1.807, 2.05) is 36.7 Å². The third-order valence-corrected chi connectivity index (χ3v) is 8.07. The number of pyridine rings is 2. The van der Waals surface area contributed by atoms with E-state index in [0.717, 1.165) is 60.7 Å². The topological polar surface area (TPSA) is 74.6 Å². The normalized spacial score (nSPS) is 11.7. The molecule has 0 aliphatic heterocycles. The van der Waals surface area contributed by atoms with E-state index in [1.165, 1.54) is 5.39 Å². The molecule has 7 heteroatoms. The third kappa shape index (κ3) is 3.62. The van der Waals surface area contributed by atoms with Crippen molar-refractivity contribution in [2.45, 2.75) is 0 Å². The van der Waals surface area contributed by atoms with Gasteiger partial charge in [0.15, 0.2) is 0 Å². The van der Waals surface area contributed by atoms with Gasteiger partial charge < -0.3 is 13.6 Å². The Morgan fingerprint density at radius 3 is 1.63 bits per heavy atom. The van der Waals surface area contributed by atoms with Gasteiger partial charge in [-0.2, -0.15) is 0 Å². The standard InChI is InChI=1S/C36H22N6O/c1-3-11-31-27(9-1)29-15-13-24(20-34(29)42(31)26-8-6-18-38-22-26)36-40-39-35(43-36)23-14-16-33-30(19-23)28-10-2-4-12-32(28)41(33)25-7-5-17-37-21-25/h1-22H. The number of para-hydroxylation sites is 2. The number of hydrogen-bond acceptors (Lipinski definition) is 5. The van der Waals surface area contributed by atoms with Crippen LogP contribution in [0.25, 0.3) is 77.9 Å². The van der Waals surface area contributed by atoms with E-state index < -0.39 is 0 Å². The Labute approximate surface area is 245 Å². The molecule has 0 unspecified atom stereocenters. The number of aromatic nitrogens is 6. The Morgan fingerprint density at radius 2 is 0.977 bits per heavy atom. The van der Waals surface area contributed by atoms with Crippen molar-refractivity contribution in [2.75, 3.05) is 0 Å². The lowest BCUT2D eigenvalue weighted by Gasteiger charge is -2.07. The van der Waals surface area contributed by atoms with Gasteiger partial charge in [-0.1, -0.05) is 42.5 Å². The van der Waals surface area contributed by atoms with Gasteiger partial charge in [0.2, 0.25) is 11.8 Å². The first-order chi connectivity index (χ1) is 21.3. The fourth-order valence-electron chi connectivity index (χ4n) is 6.19. The molecule has 0 saturated carbocycles. The number of nitrogens with zero attached hydrogens (tertiary/aromatic N) is 6. The second-order valence-corrected chi connectivity index (χ2v) is 10.5. The molecule has 0 fully saturated rings. The zero-order valence-electron chi connectivity index (χ0n) is 22.8. The molecular formula is C36H22N6O. The van der Waals surface area contributed by atoms with Gasteiger partial charge in [0.25, 0.3) is 0 Å². The fourth-order valence-corrected chi connectivity index (χ4v) is 6.19. The Balaban J connectivity index is 1.17. The maximum Gasteiger partial charge on any atom is 0.248 e. The molecule has 5 heterocycles. The molecule has 202 valence electrons. The fraction of sp³-hybridized carbons (Fsp3) is 0. The SMILES string of the molecule is c1cncc(-n2c3ccccc3c3cc(-c4nnc(-c5ccc6c7ccccc7n(-c7cccnc7)c6c5)o4)ccc32)c1. The molecule has 0 aliphatic carbocycles. The molecule has 4 aromatic carbocycles. The summed E-state index contributed by atoms with van der Waals surface area (Å²) in [5, 5.41) is 13.5. The van der Waals surface area contributed by atoms with Gasteiger partial charge >= 0.3 is 0 Å². The Morgan fingerprint density at radius 1 is 0.442 bits per heavy atom. The summed E-state index contributed by atoms with van der Waals surface area (Å²) in [5.74, 6) is 0.945. The van der Waals surface area contributed by atoms with Gasteiger partial charge in [0.05, 0.1) is 45.8 Å². The summed E-state index contributed by atoms with van der Waals surface area (Å²) in [7, 11) is 0. The van der Waals surface area contributed by atoms with Crippen LogP contribution in [-0.2, 0) is 0 Å². The first kappa shape index (κ1) is 23.6. The highest BCUT2D eigenvalue weighted by molar-refractivity contribution is 6.11. The Kier molecular flexibility index (Phi) is 5.06. The minimum absolute atomic E-state index is 0.470. The zero-order chi connectivity index (χ0) is 28.3. The van der Waals surface area contributed by atoms with Crippen LogP contribution in [0.3, 0.4) is 0 Å². The molecule has 0 atom stereocenters. The Hall–Kier alpha value is -6.08. The predicted octanol–water partition coefficient (Wildman–Crippen LogP) is 8.39. The van der Waals surface area contributed by atoms with Crippen LogP contribution < -0.4 is 0 Å². The maximum absolute atomic E-state index is 6.32. The average molecular weight is 555 g/mol. The first-order valence-corrected chi connectivity index (χ1v) is 14.0. The highest BCUT2D eigenvalue weighted by Gasteiger charge is 2.18. The number of fused-ring (bicyclic) bond motifs is 6. The van der Waals surface area contributed by atoms with E-state index in [2.05, 4.69) is 114 Å². The van der Waals surface area contributed by atoms with Crippen molar-refractivity contribution in [2.24, 2.45) is 0 Å². The molecule has 0 saturated heterocycles. The molecule has 0 N–H and O–H groups in total. The van der Waals surface area contributed by atoms with Gasteiger partial charge in [-0.3, -0.25) is 9.97 Å². The van der Waals surface area contributed by atoms with E-state index in [0.29, 0.717) is 11.8 Å². The van der Waals surface area contributed by atoms with Gasteiger partial charge in [0.1, 0.15) is 0 Å². The van der Waals surface area contributed by atoms with Crippen LogP contribution in [0.1, 0.15) is 0 Å². The molecule has 0 spiro atoms. The maximum atomic E-state index is 6.32. The lowest BCUT2D eigenvalue weighted by atomic mass is 10.1.